The Balaban J connectivity index is 3.36. The Morgan fingerprint density at radius 1 is 1.50 bits per heavy atom. The van der Waals surface area contributed by atoms with Crippen molar-refractivity contribution < 1.29 is 9.53 Å². The average Bonchev–Trinajstić information content (AvgIpc) is 2.28. The van der Waals surface area contributed by atoms with Crippen LogP contribution in [-0.2, 0) is 6.42 Å². The number of nitriles is 1. The molecule has 0 saturated heterocycles. The molecule has 0 aliphatic carbocycles. The van der Waals surface area contributed by atoms with Crippen molar-refractivity contribution in [1.82, 2.24) is 0 Å². The topological polar surface area (TPSA) is 76.1 Å². The first kappa shape index (κ1) is 12.1. The summed E-state index contributed by atoms with van der Waals surface area (Å²) in [6, 6.07) is 5.25. The Labute approximate surface area is 94.6 Å². The van der Waals surface area contributed by atoms with Crippen molar-refractivity contribution in [1.29, 1.82) is 5.26 Å². The van der Waals surface area contributed by atoms with E-state index in [4.69, 9.17) is 15.7 Å². The van der Waals surface area contributed by atoms with Gasteiger partial charge in [-0.3, -0.25) is 4.79 Å². The van der Waals surface area contributed by atoms with E-state index in [9.17, 15) is 4.79 Å². The molecular weight excluding hydrogens is 204 g/mol. The average molecular weight is 218 g/mol. The lowest BCUT2D eigenvalue weighted by atomic mass is 10.0. The maximum atomic E-state index is 11.2. The van der Waals surface area contributed by atoms with Crippen molar-refractivity contribution >= 4 is 5.91 Å². The van der Waals surface area contributed by atoms with Crippen LogP contribution in [0.4, 0.5) is 0 Å². The number of hydrogen-bond acceptors (Lipinski definition) is 3. The largest absolute Gasteiger partial charge is 0.493 e. The van der Waals surface area contributed by atoms with E-state index in [0.29, 0.717) is 24.3 Å². The normalized spacial score (nSPS) is 9.56. The Bertz CT molecular complexity index is 447. The maximum absolute atomic E-state index is 11.2. The van der Waals surface area contributed by atoms with Crippen LogP contribution in [0.3, 0.4) is 0 Å². The molecule has 1 amide bonds. The lowest BCUT2D eigenvalue weighted by Gasteiger charge is -2.10. The Kier molecular flexibility index (Phi) is 3.90. The Hall–Kier alpha value is -2.02. The van der Waals surface area contributed by atoms with Crippen molar-refractivity contribution in [3.63, 3.8) is 0 Å². The van der Waals surface area contributed by atoms with Crippen LogP contribution in [0.1, 0.15) is 35.3 Å². The molecule has 0 spiro atoms. The van der Waals surface area contributed by atoms with Gasteiger partial charge in [-0.1, -0.05) is 6.92 Å². The standard InChI is InChI=1S/C12H14N2O2/c1-3-8-6-11(16-4-2)10(12(14)15)5-9(8)7-13/h5-6H,3-4H2,1-2H3,(H2,14,15). The number of amides is 1. The summed E-state index contributed by atoms with van der Waals surface area (Å²) in [7, 11) is 0. The second kappa shape index (κ2) is 5.17. The minimum absolute atomic E-state index is 0.260. The van der Waals surface area contributed by atoms with Crippen LogP contribution in [0.5, 0.6) is 5.75 Å². The third-order valence-electron chi connectivity index (χ3n) is 2.27. The summed E-state index contributed by atoms with van der Waals surface area (Å²) in [6.07, 6.45) is 0.710. The second-order valence-corrected chi connectivity index (χ2v) is 3.27. The fourth-order valence-electron chi connectivity index (χ4n) is 1.49. The highest BCUT2D eigenvalue weighted by Crippen LogP contribution is 2.24. The summed E-state index contributed by atoms with van der Waals surface area (Å²) in [4.78, 5) is 11.2. The van der Waals surface area contributed by atoms with Gasteiger partial charge in [0, 0.05) is 0 Å². The first-order valence-corrected chi connectivity index (χ1v) is 5.13. The molecule has 0 heterocycles. The summed E-state index contributed by atoms with van der Waals surface area (Å²) in [5.74, 6) is -0.131. The minimum atomic E-state index is -0.581. The molecule has 0 fully saturated rings. The number of benzene rings is 1. The van der Waals surface area contributed by atoms with E-state index in [1.807, 2.05) is 19.9 Å². The van der Waals surface area contributed by atoms with E-state index >= 15 is 0 Å². The van der Waals surface area contributed by atoms with Gasteiger partial charge in [0.25, 0.3) is 5.91 Å². The zero-order chi connectivity index (χ0) is 12.1. The smallest absolute Gasteiger partial charge is 0.252 e. The number of carbonyl (C=O) groups is 1. The van der Waals surface area contributed by atoms with Gasteiger partial charge in [-0.05, 0) is 31.0 Å². The molecule has 4 heteroatoms. The predicted octanol–water partition coefficient (Wildman–Crippen LogP) is 1.62. The Morgan fingerprint density at radius 3 is 2.62 bits per heavy atom. The van der Waals surface area contributed by atoms with Crippen LogP contribution in [0.15, 0.2) is 12.1 Å². The van der Waals surface area contributed by atoms with E-state index in [2.05, 4.69) is 0 Å². The highest BCUT2D eigenvalue weighted by Gasteiger charge is 2.13. The third kappa shape index (κ3) is 2.31. The van der Waals surface area contributed by atoms with E-state index in [1.54, 1.807) is 6.07 Å². The van der Waals surface area contributed by atoms with Gasteiger partial charge in [-0.15, -0.1) is 0 Å². The number of carbonyl (C=O) groups excluding carboxylic acids is 1. The van der Waals surface area contributed by atoms with Crippen LogP contribution in [0.25, 0.3) is 0 Å². The number of ether oxygens (including phenoxy) is 1. The van der Waals surface area contributed by atoms with Gasteiger partial charge in [-0.2, -0.15) is 5.26 Å². The molecule has 1 rings (SSSR count). The molecule has 4 nitrogen and oxygen atoms in total. The van der Waals surface area contributed by atoms with Gasteiger partial charge in [0.2, 0.25) is 0 Å². The van der Waals surface area contributed by atoms with Gasteiger partial charge >= 0.3 is 0 Å². The highest BCUT2D eigenvalue weighted by molar-refractivity contribution is 5.96. The lowest BCUT2D eigenvalue weighted by Crippen LogP contribution is -2.14. The molecule has 0 aliphatic heterocycles. The molecule has 84 valence electrons. The van der Waals surface area contributed by atoms with E-state index in [1.165, 1.54) is 6.07 Å². The van der Waals surface area contributed by atoms with E-state index in [-0.39, 0.29) is 5.56 Å². The Morgan fingerprint density at radius 2 is 2.19 bits per heavy atom. The van der Waals surface area contributed by atoms with Crippen LogP contribution in [0.2, 0.25) is 0 Å². The third-order valence-corrected chi connectivity index (χ3v) is 2.27. The molecular formula is C12H14N2O2. The van der Waals surface area contributed by atoms with Gasteiger partial charge in [0.1, 0.15) is 5.75 Å². The van der Waals surface area contributed by atoms with Crippen LogP contribution in [-0.4, -0.2) is 12.5 Å². The summed E-state index contributed by atoms with van der Waals surface area (Å²) in [5, 5.41) is 8.93. The number of aryl methyl sites for hydroxylation is 1. The molecule has 0 aromatic heterocycles. The summed E-state index contributed by atoms with van der Waals surface area (Å²) in [6.45, 7) is 4.22. The van der Waals surface area contributed by atoms with Crippen LogP contribution < -0.4 is 10.5 Å². The first-order valence-electron chi connectivity index (χ1n) is 5.13. The van der Waals surface area contributed by atoms with Crippen molar-refractivity contribution in [3.05, 3.63) is 28.8 Å². The number of rotatable bonds is 4. The van der Waals surface area contributed by atoms with Crippen molar-refractivity contribution in [2.45, 2.75) is 20.3 Å². The van der Waals surface area contributed by atoms with Gasteiger partial charge < -0.3 is 10.5 Å². The molecule has 1 aromatic rings. The van der Waals surface area contributed by atoms with Gasteiger partial charge in [-0.25, -0.2) is 0 Å². The summed E-state index contributed by atoms with van der Waals surface area (Å²) >= 11 is 0. The zero-order valence-electron chi connectivity index (χ0n) is 9.41. The molecule has 0 radical (unpaired) electrons. The van der Waals surface area contributed by atoms with Crippen molar-refractivity contribution in [2.24, 2.45) is 5.73 Å². The van der Waals surface area contributed by atoms with Gasteiger partial charge in [0.05, 0.1) is 23.8 Å². The monoisotopic (exact) mass is 218 g/mol. The molecule has 16 heavy (non-hydrogen) atoms. The fraction of sp³-hybridized carbons (Fsp3) is 0.333. The molecule has 0 atom stereocenters. The van der Waals surface area contributed by atoms with Crippen LogP contribution in [0, 0.1) is 11.3 Å². The van der Waals surface area contributed by atoms with Crippen molar-refractivity contribution in [3.8, 4) is 11.8 Å². The van der Waals surface area contributed by atoms with Crippen LogP contribution >= 0.6 is 0 Å². The van der Waals surface area contributed by atoms with E-state index < -0.39 is 5.91 Å². The molecule has 2 N–H and O–H groups in total. The zero-order valence-corrected chi connectivity index (χ0v) is 9.41. The molecule has 0 aliphatic rings. The lowest BCUT2D eigenvalue weighted by molar-refractivity contribution is 0.0996. The summed E-state index contributed by atoms with van der Waals surface area (Å²) in [5.41, 5.74) is 6.82. The highest BCUT2D eigenvalue weighted by atomic mass is 16.5. The first-order chi connectivity index (χ1) is 7.63. The molecule has 0 bridgehead atoms. The maximum Gasteiger partial charge on any atom is 0.252 e. The van der Waals surface area contributed by atoms with E-state index in [0.717, 1.165) is 5.56 Å². The molecule has 1 aromatic carbocycles. The number of primary amides is 1. The quantitative estimate of drug-likeness (QED) is 0.834. The van der Waals surface area contributed by atoms with Crippen molar-refractivity contribution in [2.75, 3.05) is 6.61 Å². The molecule has 0 saturated carbocycles. The fourth-order valence-corrected chi connectivity index (χ4v) is 1.49. The molecule has 0 unspecified atom stereocenters. The number of nitrogens with zero attached hydrogens (tertiary/aromatic N) is 1. The SMILES string of the molecule is CCOc1cc(CC)c(C#N)cc1C(N)=O. The van der Waals surface area contributed by atoms with Gasteiger partial charge in [0.15, 0.2) is 0 Å². The predicted molar refractivity (Wildman–Crippen MR) is 60.2 cm³/mol. The number of hydrogen-bond donors (Lipinski definition) is 1. The minimum Gasteiger partial charge on any atom is -0.493 e. The summed E-state index contributed by atoms with van der Waals surface area (Å²) < 4.78 is 5.33. The number of nitrogens with two attached hydrogens (primary N) is 1. The second-order valence-electron chi connectivity index (χ2n) is 3.27.